The van der Waals surface area contributed by atoms with Gasteiger partial charge in [-0.3, -0.25) is 15.8 Å². The molecule has 0 aliphatic heterocycles. The van der Waals surface area contributed by atoms with Crippen LogP contribution in [-0.4, -0.2) is 9.97 Å². The largest absolute Gasteiger partial charge is 0.271 e. The highest BCUT2D eigenvalue weighted by Gasteiger charge is 2.18. The predicted molar refractivity (Wildman–Crippen MR) is 84.6 cm³/mol. The van der Waals surface area contributed by atoms with E-state index in [1.807, 2.05) is 31.5 Å². The van der Waals surface area contributed by atoms with Crippen LogP contribution in [0.25, 0.3) is 10.8 Å². The average molecular weight is 278 g/mol. The van der Waals surface area contributed by atoms with Crippen LogP contribution in [0.2, 0.25) is 0 Å². The molecule has 2 aromatic heterocycles. The summed E-state index contributed by atoms with van der Waals surface area (Å²) in [6.45, 7) is 4.10. The highest BCUT2D eigenvalue weighted by Crippen LogP contribution is 2.28. The lowest BCUT2D eigenvalue weighted by molar-refractivity contribution is 0.620. The molecule has 1 atom stereocenters. The number of hydrogen-bond acceptors (Lipinski definition) is 4. The number of pyridine rings is 2. The van der Waals surface area contributed by atoms with Crippen molar-refractivity contribution in [2.45, 2.75) is 19.9 Å². The molecule has 4 heteroatoms. The van der Waals surface area contributed by atoms with Gasteiger partial charge in [-0.1, -0.05) is 24.3 Å². The molecule has 1 aromatic carbocycles. The van der Waals surface area contributed by atoms with Gasteiger partial charge >= 0.3 is 0 Å². The number of nitrogens with one attached hydrogen (secondary N) is 1. The fourth-order valence-corrected chi connectivity index (χ4v) is 2.73. The fourth-order valence-electron chi connectivity index (χ4n) is 2.73. The summed E-state index contributed by atoms with van der Waals surface area (Å²) in [6.07, 6.45) is 5.54. The van der Waals surface area contributed by atoms with Crippen molar-refractivity contribution < 1.29 is 0 Å². The number of benzene rings is 1. The zero-order chi connectivity index (χ0) is 14.8. The molecule has 0 saturated carbocycles. The molecule has 0 radical (unpaired) electrons. The minimum Gasteiger partial charge on any atom is -0.271 e. The van der Waals surface area contributed by atoms with Crippen LogP contribution in [0.3, 0.4) is 0 Å². The van der Waals surface area contributed by atoms with Gasteiger partial charge in [-0.05, 0) is 42.0 Å². The number of aryl methyl sites for hydroxylation is 2. The molecule has 0 fully saturated rings. The van der Waals surface area contributed by atoms with Gasteiger partial charge in [0.15, 0.2) is 0 Å². The van der Waals surface area contributed by atoms with Crippen LogP contribution in [0.4, 0.5) is 0 Å². The smallest absolute Gasteiger partial charge is 0.0890 e. The number of aromatic nitrogens is 2. The number of hydrogen-bond donors (Lipinski definition) is 2. The maximum absolute atomic E-state index is 5.82. The van der Waals surface area contributed by atoms with Gasteiger partial charge in [-0.15, -0.1) is 0 Å². The zero-order valence-electron chi connectivity index (χ0n) is 12.2. The standard InChI is InChI=1S/C17H18N4/c1-11-8-12(2)16(20-9-11)17(21-18)14-5-3-4-13-6-7-19-10-15(13)14/h3-10,17,21H,18H2,1-2H3. The van der Waals surface area contributed by atoms with Crippen molar-refractivity contribution in [1.82, 2.24) is 15.4 Å². The van der Waals surface area contributed by atoms with Crippen LogP contribution in [0.5, 0.6) is 0 Å². The van der Waals surface area contributed by atoms with Crippen LogP contribution >= 0.6 is 0 Å². The number of rotatable bonds is 3. The molecule has 3 N–H and O–H groups in total. The molecule has 4 nitrogen and oxygen atoms in total. The maximum atomic E-state index is 5.82. The van der Waals surface area contributed by atoms with Crippen LogP contribution in [-0.2, 0) is 0 Å². The Morgan fingerprint density at radius 2 is 2.00 bits per heavy atom. The Hall–Kier alpha value is -2.30. The van der Waals surface area contributed by atoms with E-state index in [0.29, 0.717) is 0 Å². The molecule has 0 aliphatic rings. The van der Waals surface area contributed by atoms with Crippen molar-refractivity contribution in [3.05, 3.63) is 71.3 Å². The minimum absolute atomic E-state index is 0.154. The van der Waals surface area contributed by atoms with Gasteiger partial charge in [0.05, 0.1) is 11.7 Å². The lowest BCUT2D eigenvalue weighted by atomic mass is 9.95. The van der Waals surface area contributed by atoms with Crippen molar-refractivity contribution in [1.29, 1.82) is 0 Å². The molecule has 0 spiro atoms. The van der Waals surface area contributed by atoms with Crippen molar-refractivity contribution in [2.24, 2.45) is 5.84 Å². The number of fused-ring (bicyclic) bond motifs is 1. The van der Waals surface area contributed by atoms with E-state index in [4.69, 9.17) is 5.84 Å². The van der Waals surface area contributed by atoms with Gasteiger partial charge in [-0.25, -0.2) is 5.43 Å². The second-order valence-electron chi connectivity index (χ2n) is 5.26. The summed E-state index contributed by atoms with van der Waals surface area (Å²) in [7, 11) is 0. The number of nitrogens with zero attached hydrogens (tertiary/aromatic N) is 2. The van der Waals surface area contributed by atoms with E-state index in [0.717, 1.165) is 33.2 Å². The second-order valence-corrected chi connectivity index (χ2v) is 5.26. The summed E-state index contributed by atoms with van der Waals surface area (Å²) >= 11 is 0. The lowest BCUT2D eigenvalue weighted by Crippen LogP contribution is -2.30. The van der Waals surface area contributed by atoms with Crippen molar-refractivity contribution in [2.75, 3.05) is 0 Å². The molecule has 0 aliphatic carbocycles. The third-order valence-electron chi connectivity index (χ3n) is 3.72. The maximum Gasteiger partial charge on any atom is 0.0890 e. The number of nitrogens with two attached hydrogens (primary N) is 1. The summed E-state index contributed by atoms with van der Waals surface area (Å²) < 4.78 is 0. The molecule has 3 rings (SSSR count). The molecule has 106 valence electrons. The van der Waals surface area contributed by atoms with Crippen LogP contribution in [0, 0.1) is 13.8 Å². The molecule has 21 heavy (non-hydrogen) atoms. The first-order valence-corrected chi connectivity index (χ1v) is 6.92. The zero-order valence-corrected chi connectivity index (χ0v) is 12.2. The van der Waals surface area contributed by atoms with Crippen molar-refractivity contribution >= 4 is 10.8 Å². The minimum atomic E-state index is -0.154. The molecule has 0 amide bonds. The van der Waals surface area contributed by atoms with Crippen LogP contribution in [0.1, 0.15) is 28.4 Å². The van der Waals surface area contributed by atoms with Crippen LogP contribution < -0.4 is 11.3 Å². The highest BCUT2D eigenvalue weighted by atomic mass is 15.2. The summed E-state index contributed by atoms with van der Waals surface area (Å²) in [6, 6.07) is 10.1. The Labute approximate surface area is 124 Å². The van der Waals surface area contributed by atoms with Gasteiger partial charge in [-0.2, -0.15) is 0 Å². The summed E-state index contributed by atoms with van der Waals surface area (Å²) in [4.78, 5) is 8.80. The topological polar surface area (TPSA) is 63.8 Å². The van der Waals surface area contributed by atoms with E-state index < -0.39 is 0 Å². The molecule has 0 bridgehead atoms. The van der Waals surface area contributed by atoms with Gasteiger partial charge in [0.1, 0.15) is 0 Å². The SMILES string of the molecule is Cc1cnc(C(NN)c2cccc3ccncc23)c(C)c1. The van der Waals surface area contributed by atoms with E-state index in [-0.39, 0.29) is 6.04 Å². The van der Waals surface area contributed by atoms with E-state index in [1.54, 1.807) is 6.20 Å². The first kappa shape index (κ1) is 13.7. The van der Waals surface area contributed by atoms with Crippen LogP contribution in [0.15, 0.2) is 48.9 Å². The summed E-state index contributed by atoms with van der Waals surface area (Å²) in [5.41, 5.74) is 7.20. The van der Waals surface area contributed by atoms with Crippen molar-refractivity contribution in [3.63, 3.8) is 0 Å². The van der Waals surface area contributed by atoms with Gasteiger partial charge in [0.25, 0.3) is 0 Å². The average Bonchev–Trinajstić information content (AvgIpc) is 2.50. The summed E-state index contributed by atoms with van der Waals surface area (Å²) in [5.74, 6) is 5.82. The normalized spacial score (nSPS) is 12.5. The highest BCUT2D eigenvalue weighted by molar-refractivity contribution is 5.85. The molecular formula is C17H18N4. The predicted octanol–water partition coefficient (Wildman–Crippen LogP) is 2.80. The molecule has 2 heterocycles. The first-order chi connectivity index (χ1) is 10.2. The molecule has 0 saturated heterocycles. The van der Waals surface area contributed by atoms with E-state index in [1.165, 1.54) is 0 Å². The van der Waals surface area contributed by atoms with Crippen molar-refractivity contribution in [3.8, 4) is 0 Å². The Bertz CT molecular complexity index is 777. The third kappa shape index (κ3) is 2.51. The summed E-state index contributed by atoms with van der Waals surface area (Å²) in [5, 5.41) is 2.23. The van der Waals surface area contributed by atoms with E-state index in [9.17, 15) is 0 Å². The monoisotopic (exact) mass is 278 g/mol. The molecule has 1 unspecified atom stereocenters. The first-order valence-electron chi connectivity index (χ1n) is 6.92. The third-order valence-corrected chi connectivity index (χ3v) is 3.72. The van der Waals surface area contributed by atoms with Gasteiger partial charge < -0.3 is 0 Å². The fraction of sp³-hybridized carbons (Fsp3) is 0.176. The quantitative estimate of drug-likeness (QED) is 0.571. The van der Waals surface area contributed by atoms with Gasteiger partial charge in [0, 0.05) is 24.0 Å². The van der Waals surface area contributed by atoms with Gasteiger partial charge in [0.2, 0.25) is 0 Å². The molecule has 3 aromatic rings. The number of hydrazine groups is 1. The van der Waals surface area contributed by atoms with E-state index in [2.05, 4.69) is 40.5 Å². The Morgan fingerprint density at radius 1 is 1.14 bits per heavy atom. The Morgan fingerprint density at radius 3 is 2.76 bits per heavy atom. The van der Waals surface area contributed by atoms with E-state index >= 15 is 0 Å². The Kier molecular flexibility index (Phi) is 3.64. The molecular weight excluding hydrogens is 260 g/mol. The Balaban J connectivity index is 2.18. The lowest BCUT2D eigenvalue weighted by Gasteiger charge is -2.20. The second kappa shape index (κ2) is 5.60.